The molecule has 0 aliphatic carbocycles. The van der Waals surface area contributed by atoms with E-state index in [1.165, 1.54) is 0 Å². The van der Waals surface area contributed by atoms with Gasteiger partial charge in [-0.3, -0.25) is 4.90 Å². The lowest BCUT2D eigenvalue weighted by molar-refractivity contribution is -0.125. The van der Waals surface area contributed by atoms with E-state index < -0.39 is 12.7 Å². The van der Waals surface area contributed by atoms with Crippen LogP contribution in [-0.2, 0) is 4.74 Å². The Morgan fingerprint density at radius 3 is 2.50 bits per heavy atom. The third-order valence-electron chi connectivity index (χ3n) is 2.21. The van der Waals surface area contributed by atoms with Crippen molar-refractivity contribution in [2.24, 2.45) is 0 Å². The minimum absolute atomic E-state index is 0.354. The van der Waals surface area contributed by atoms with Crippen LogP contribution in [-0.4, -0.2) is 57.0 Å². The van der Waals surface area contributed by atoms with Crippen LogP contribution in [0.2, 0.25) is 0 Å². The van der Waals surface area contributed by atoms with Gasteiger partial charge in [0.2, 0.25) is 0 Å². The Bertz CT molecular complexity index is 170. The molecular weight excluding hydrogens is 197 g/mol. The Kier molecular flexibility index (Phi) is 4.15. The highest BCUT2D eigenvalue weighted by molar-refractivity contribution is 4.75. The fourth-order valence-corrected chi connectivity index (χ4v) is 1.15. The number of hydrogen-bond donors (Lipinski definition) is 1. The predicted molar refractivity (Wildman–Crippen MR) is 46.2 cm³/mol. The summed E-state index contributed by atoms with van der Waals surface area (Å²) in [7, 11) is 1.89. The molecule has 0 atom stereocenters. The number of halogens is 3. The second-order valence-electron chi connectivity index (χ2n) is 3.46. The van der Waals surface area contributed by atoms with Crippen molar-refractivity contribution in [3.05, 3.63) is 0 Å². The minimum Gasteiger partial charge on any atom is -0.378 e. The van der Waals surface area contributed by atoms with Crippen molar-refractivity contribution in [2.45, 2.75) is 12.2 Å². The zero-order valence-electron chi connectivity index (χ0n) is 8.10. The Hall–Kier alpha value is -0.330. The highest BCUT2D eigenvalue weighted by Crippen LogP contribution is 2.12. The molecule has 1 aliphatic heterocycles. The van der Waals surface area contributed by atoms with Gasteiger partial charge < -0.3 is 10.1 Å². The molecule has 0 saturated carbocycles. The molecule has 0 radical (unpaired) electrons. The molecule has 1 rings (SSSR count). The molecule has 1 aliphatic rings. The van der Waals surface area contributed by atoms with Gasteiger partial charge in [0.05, 0.1) is 25.8 Å². The lowest BCUT2D eigenvalue weighted by atomic mass is 10.2. The average Bonchev–Trinajstić information content (AvgIpc) is 1.92. The minimum atomic E-state index is -4.11. The van der Waals surface area contributed by atoms with Crippen LogP contribution < -0.4 is 5.32 Å². The van der Waals surface area contributed by atoms with Crippen molar-refractivity contribution in [3.63, 3.8) is 0 Å². The van der Waals surface area contributed by atoms with E-state index in [1.54, 1.807) is 0 Å². The fourth-order valence-electron chi connectivity index (χ4n) is 1.15. The molecule has 0 aromatic carbocycles. The van der Waals surface area contributed by atoms with E-state index in [0.717, 1.165) is 0 Å². The lowest BCUT2D eigenvalue weighted by Crippen LogP contribution is -2.49. The number of ether oxygens (including phenoxy) is 1. The standard InChI is InChI=1S/C8H15F3N2O/c1-13(7-4-14-5-7)3-2-12-6-8(9,10)11/h7,12H,2-6H2,1H3. The SMILES string of the molecule is CN(CCNCC(F)(F)F)C1COC1. The van der Waals surface area contributed by atoms with Gasteiger partial charge in [0.15, 0.2) is 0 Å². The van der Waals surface area contributed by atoms with Crippen molar-refractivity contribution in [3.8, 4) is 0 Å². The van der Waals surface area contributed by atoms with E-state index in [-0.39, 0.29) is 0 Å². The summed E-state index contributed by atoms with van der Waals surface area (Å²) in [6.07, 6.45) is -4.11. The summed E-state index contributed by atoms with van der Waals surface area (Å²) < 4.78 is 40.1. The van der Waals surface area contributed by atoms with E-state index in [1.807, 2.05) is 11.9 Å². The van der Waals surface area contributed by atoms with Crippen LogP contribution in [0.1, 0.15) is 0 Å². The van der Waals surface area contributed by atoms with Gasteiger partial charge in [-0.05, 0) is 7.05 Å². The molecule has 1 heterocycles. The number of likely N-dealkylation sites (N-methyl/N-ethyl adjacent to an activating group) is 1. The van der Waals surface area contributed by atoms with Crippen molar-refractivity contribution < 1.29 is 17.9 Å². The summed E-state index contributed by atoms with van der Waals surface area (Å²) in [6, 6.07) is 0.377. The number of nitrogens with one attached hydrogen (secondary N) is 1. The van der Waals surface area contributed by atoms with E-state index in [0.29, 0.717) is 32.3 Å². The smallest absolute Gasteiger partial charge is 0.378 e. The van der Waals surface area contributed by atoms with Gasteiger partial charge in [0.25, 0.3) is 0 Å². The highest BCUT2D eigenvalue weighted by Gasteiger charge is 2.26. The molecule has 1 fully saturated rings. The predicted octanol–water partition coefficient (Wildman–Crippen LogP) is 0.469. The van der Waals surface area contributed by atoms with Gasteiger partial charge in [0, 0.05) is 13.1 Å². The summed E-state index contributed by atoms with van der Waals surface area (Å²) in [5.74, 6) is 0. The van der Waals surface area contributed by atoms with Gasteiger partial charge >= 0.3 is 6.18 Å². The number of alkyl halides is 3. The summed E-state index contributed by atoms with van der Waals surface area (Å²) in [4.78, 5) is 2.01. The molecule has 3 nitrogen and oxygen atoms in total. The topological polar surface area (TPSA) is 24.5 Å². The zero-order valence-corrected chi connectivity index (χ0v) is 8.10. The normalized spacial score (nSPS) is 18.6. The third-order valence-corrected chi connectivity index (χ3v) is 2.21. The van der Waals surface area contributed by atoms with E-state index >= 15 is 0 Å². The van der Waals surface area contributed by atoms with Gasteiger partial charge in [-0.1, -0.05) is 0 Å². The molecule has 14 heavy (non-hydrogen) atoms. The molecule has 0 unspecified atom stereocenters. The van der Waals surface area contributed by atoms with Crippen molar-refractivity contribution in [2.75, 3.05) is 39.9 Å². The summed E-state index contributed by atoms with van der Waals surface area (Å²) in [5, 5.41) is 2.35. The molecular formula is C8H15F3N2O. The van der Waals surface area contributed by atoms with Crippen LogP contribution in [0.25, 0.3) is 0 Å². The van der Waals surface area contributed by atoms with Gasteiger partial charge in [-0.15, -0.1) is 0 Å². The van der Waals surface area contributed by atoms with Crippen LogP contribution in [0.4, 0.5) is 13.2 Å². The van der Waals surface area contributed by atoms with Crippen molar-refractivity contribution >= 4 is 0 Å². The quantitative estimate of drug-likeness (QED) is 0.670. The molecule has 6 heteroatoms. The Balaban J connectivity index is 1.97. The molecule has 0 spiro atoms. The molecule has 0 aromatic heterocycles. The first-order valence-electron chi connectivity index (χ1n) is 4.54. The summed E-state index contributed by atoms with van der Waals surface area (Å²) in [5.41, 5.74) is 0. The molecule has 0 bridgehead atoms. The first kappa shape index (κ1) is 11.7. The first-order valence-corrected chi connectivity index (χ1v) is 4.54. The molecule has 1 N–H and O–H groups in total. The lowest BCUT2D eigenvalue weighted by Gasteiger charge is -2.34. The van der Waals surface area contributed by atoms with Crippen LogP contribution in [0, 0.1) is 0 Å². The molecule has 0 amide bonds. The monoisotopic (exact) mass is 212 g/mol. The number of nitrogens with zero attached hydrogens (tertiary/aromatic N) is 1. The zero-order chi connectivity index (χ0) is 10.6. The fraction of sp³-hybridized carbons (Fsp3) is 1.00. The maximum atomic E-state index is 11.7. The highest BCUT2D eigenvalue weighted by atomic mass is 19.4. The van der Waals surface area contributed by atoms with E-state index in [9.17, 15) is 13.2 Å². The van der Waals surface area contributed by atoms with Crippen molar-refractivity contribution in [1.29, 1.82) is 0 Å². The third kappa shape index (κ3) is 4.26. The Morgan fingerprint density at radius 2 is 2.07 bits per heavy atom. The molecule has 0 aromatic rings. The maximum Gasteiger partial charge on any atom is 0.401 e. The first-order chi connectivity index (χ1) is 6.49. The summed E-state index contributed by atoms with van der Waals surface area (Å²) >= 11 is 0. The van der Waals surface area contributed by atoms with Gasteiger partial charge in [-0.25, -0.2) is 0 Å². The van der Waals surface area contributed by atoms with E-state index in [2.05, 4.69) is 5.32 Å². The largest absolute Gasteiger partial charge is 0.401 e. The van der Waals surface area contributed by atoms with Crippen LogP contribution in [0.15, 0.2) is 0 Å². The molecule has 1 saturated heterocycles. The Morgan fingerprint density at radius 1 is 1.43 bits per heavy atom. The summed E-state index contributed by atoms with van der Waals surface area (Å²) in [6.45, 7) is 1.43. The van der Waals surface area contributed by atoms with Gasteiger partial charge in [-0.2, -0.15) is 13.2 Å². The van der Waals surface area contributed by atoms with Gasteiger partial charge in [0.1, 0.15) is 0 Å². The maximum absolute atomic E-state index is 11.7. The second kappa shape index (κ2) is 4.95. The molecule has 84 valence electrons. The number of hydrogen-bond acceptors (Lipinski definition) is 3. The second-order valence-corrected chi connectivity index (χ2v) is 3.46. The van der Waals surface area contributed by atoms with E-state index in [4.69, 9.17) is 4.74 Å². The number of rotatable bonds is 5. The Labute approximate surface area is 81.2 Å². The van der Waals surface area contributed by atoms with Crippen LogP contribution in [0.3, 0.4) is 0 Å². The van der Waals surface area contributed by atoms with Crippen LogP contribution in [0.5, 0.6) is 0 Å². The average molecular weight is 212 g/mol. The van der Waals surface area contributed by atoms with Crippen molar-refractivity contribution in [1.82, 2.24) is 10.2 Å². The van der Waals surface area contributed by atoms with Crippen LogP contribution >= 0.6 is 0 Å².